The molecular formula is C20H19NO3. The number of carbonyl (C=O) groups is 2. The first-order chi connectivity index (χ1) is 11.5. The summed E-state index contributed by atoms with van der Waals surface area (Å²) in [5.74, 6) is -0.209. The largest absolute Gasteiger partial charge is 0.439 e. The lowest BCUT2D eigenvalue weighted by atomic mass is 9.82. The van der Waals surface area contributed by atoms with Crippen LogP contribution in [0.3, 0.4) is 0 Å². The van der Waals surface area contributed by atoms with Crippen molar-refractivity contribution < 1.29 is 14.3 Å². The van der Waals surface area contributed by atoms with Gasteiger partial charge in [-0.05, 0) is 16.7 Å². The van der Waals surface area contributed by atoms with Crippen molar-refractivity contribution in [3.8, 4) is 0 Å². The molecule has 24 heavy (non-hydrogen) atoms. The first-order valence-corrected chi connectivity index (χ1v) is 8.16. The Morgan fingerprint density at radius 2 is 1.75 bits per heavy atom. The maximum Gasteiger partial charge on any atom is 0.417 e. The number of hydrogen-bond donors (Lipinski definition) is 0. The van der Waals surface area contributed by atoms with E-state index in [1.54, 1.807) is 0 Å². The molecule has 4 heteroatoms. The molecule has 1 aliphatic heterocycles. The van der Waals surface area contributed by atoms with Gasteiger partial charge in [0.15, 0.2) is 6.10 Å². The van der Waals surface area contributed by atoms with Gasteiger partial charge >= 0.3 is 6.09 Å². The molecule has 122 valence electrons. The number of fused-ring (bicyclic) bond motifs is 3. The van der Waals surface area contributed by atoms with E-state index in [0.29, 0.717) is 0 Å². The van der Waals surface area contributed by atoms with Gasteiger partial charge < -0.3 is 4.74 Å². The first kappa shape index (κ1) is 14.9. The van der Waals surface area contributed by atoms with Gasteiger partial charge in [0.25, 0.3) is 0 Å². The topological polar surface area (TPSA) is 46.6 Å². The lowest BCUT2D eigenvalue weighted by Crippen LogP contribution is -2.47. The number of ether oxygens (including phenoxy) is 1. The van der Waals surface area contributed by atoms with E-state index in [1.165, 1.54) is 4.90 Å². The van der Waals surface area contributed by atoms with Gasteiger partial charge in [0.2, 0.25) is 5.91 Å². The zero-order valence-corrected chi connectivity index (χ0v) is 13.7. The van der Waals surface area contributed by atoms with Crippen LogP contribution in [0.25, 0.3) is 0 Å². The summed E-state index contributed by atoms with van der Waals surface area (Å²) in [4.78, 5) is 26.6. The number of nitrogens with zero attached hydrogens (tertiary/aromatic N) is 1. The quantitative estimate of drug-likeness (QED) is 0.849. The molecule has 4 nitrogen and oxygen atoms in total. The Kier molecular flexibility index (Phi) is 3.23. The van der Waals surface area contributed by atoms with E-state index >= 15 is 0 Å². The smallest absolute Gasteiger partial charge is 0.417 e. The van der Waals surface area contributed by atoms with Crippen LogP contribution in [0.15, 0.2) is 54.6 Å². The van der Waals surface area contributed by atoms with Crippen molar-refractivity contribution in [3.05, 3.63) is 71.3 Å². The first-order valence-electron chi connectivity index (χ1n) is 8.16. The summed E-state index contributed by atoms with van der Waals surface area (Å²) in [6, 6.07) is 17.2. The lowest BCUT2D eigenvalue weighted by molar-refractivity contribution is -0.129. The lowest BCUT2D eigenvalue weighted by Gasteiger charge is -2.31. The van der Waals surface area contributed by atoms with Gasteiger partial charge in [-0.15, -0.1) is 0 Å². The third-order valence-electron chi connectivity index (χ3n) is 5.16. The minimum atomic E-state index is -0.534. The maximum atomic E-state index is 12.8. The molecule has 2 amide bonds. The van der Waals surface area contributed by atoms with Crippen molar-refractivity contribution in [2.24, 2.45) is 0 Å². The molecule has 0 radical (unpaired) electrons. The molecule has 2 aliphatic rings. The van der Waals surface area contributed by atoms with Gasteiger partial charge in [-0.2, -0.15) is 0 Å². The van der Waals surface area contributed by atoms with Gasteiger partial charge in [-0.1, -0.05) is 68.4 Å². The molecule has 2 aromatic rings. The number of hydrogen-bond acceptors (Lipinski definition) is 3. The Morgan fingerprint density at radius 3 is 2.50 bits per heavy atom. The Morgan fingerprint density at radius 1 is 1.08 bits per heavy atom. The summed E-state index contributed by atoms with van der Waals surface area (Å²) in [5.41, 5.74) is 2.72. The molecular weight excluding hydrogens is 302 g/mol. The number of benzene rings is 2. The molecule has 2 aromatic carbocycles. The average Bonchev–Trinajstić information content (AvgIpc) is 3.02. The number of imide groups is 1. The van der Waals surface area contributed by atoms with Gasteiger partial charge in [0.05, 0.1) is 12.5 Å². The van der Waals surface area contributed by atoms with Crippen LogP contribution >= 0.6 is 0 Å². The van der Waals surface area contributed by atoms with E-state index < -0.39 is 6.09 Å². The molecule has 0 spiro atoms. The molecule has 1 aliphatic carbocycles. The fourth-order valence-electron chi connectivity index (χ4n) is 4.02. The SMILES string of the molecule is CC1(C)c2ccccc2[C@@H]2OC(=O)N(C(=O)Cc3ccccc3)[C@@H]21. The zero-order chi connectivity index (χ0) is 16.9. The molecule has 0 bridgehead atoms. The van der Waals surface area contributed by atoms with E-state index in [1.807, 2.05) is 48.5 Å². The summed E-state index contributed by atoms with van der Waals surface area (Å²) in [7, 11) is 0. The summed E-state index contributed by atoms with van der Waals surface area (Å²) in [6.45, 7) is 4.14. The summed E-state index contributed by atoms with van der Waals surface area (Å²) in [5, 5.41) is 0. The van der Waals surface area contributed by atoms with Crippen LogP contribution in [0.5, 0.6) is 0 Å². The molecule has 1 saturated heterocycles. The van der Waals surface area contributed by atoms with Crippen molar-refractivity contribution in [2.75, 3.05) is 0 Å². The summed E-state index contributed by atoms with van der Waals surface area (Å²) in [6.07, 6.45) is -0.706. The summed E-state index contributed by atoms with van der Waals surface area (Å²) < 4.78 is 5.58. The highest BCUT2D eigenvalue weighted by Crippen LogP contribution is 2.52. The predicted molar refractivity (Wildman–Crippen MR) is 89.5 cm³/mol. The third-order valence-corrected chi connectivity index (χ3v) is 5.16. The Labute approximate surface area is 141 Å². The van der Waals surface area contributed by atoms with Crippen LogP contribution in [-0.2, 0) is 21.4 Å². The Balaban J connectivity index is 1.69. The molecule has 4 rings (SSSR count). The van der Waals surface area contributed by atoms with Crippen LogP contribution in [0, 0.1) is 0 Å². The van der Waals surface area contributed by atoms with Crippen molar-refractivity contribution >= 4 is 12.0 Å². The third kappa shape index (κ3) is 2.06. The van der Waals surface area contributed by atoms with Crippen molar-refractivity contribution in [3.63, 3.8) is 0 Å². The Hall–Kier alpha value is -2.62. The molecule has 0 unspecified atom stereocenters. The highest BCUT2D eigenvalue weighted by Gasteiger charge is 2.58. The molecule has 1 heterocycles. The number of carbonyl (C=O) groups excluding carboxylic acids is 2. The summed E-state index contributed by atoms with van der Waals surface area (Å²) >= 11 is 0. The predicted octanol–water partition coefficient (Wildman–Crippen LogP) is 3.61. The van der Waals surface area contributed by atoms with Crippen LogP contribution < -0.4 is 0 Å². The highest BCUT2D eigenvalue weighted by molar-refractivity contribution is 5.95. The molecule has 2 atom stereocenters. The van der Waals surface area contributed by atoms with Crippen LogP contribution in [0.1, 0.15) is 36.6 Å². The zero-order valence-electron chi connectivity index (χ0n) is 13.7. The fraction of sp³-hybridized carbons (Fsp3) is 0.300. The standard InChI is InChI=1S/C20H19NO3/c1-20(2)15-11-7-6-10-14(15)17-18(20)21(19(23)24-17)16(22)12-13-8-4-3-5-9-13/h3-11,17-18H,12H2,1-2H3/t17-,18-/m0/s1. The number of amides is 2. The second kappa shape index (κ2) is 5.20. The number of rotatable bonds is 2. The van der Waals surface area contributed by atoms with Crippen molar-refractivity contribution in [1.29, 1.82) is 0 Å². The van der Waals surface area contributed by atoms with E-state index in [2.05, 4.69) is 19.9 Å². The molecule has 0 N–H and O–H groups in total. The van der Waals surface area contributed by atoms with E-state index in [4.69, 9.17) is 4.74 Å². The molecule has 0 saturated carbocycles. The minimum Gasteiger partial charge on any atom is -0.439 e. The van der Waals surface area contributed by atoms with Gasteiger partial charge in [-0.25, -0.2) is 9.69 Å². The van der Waals surface area contributed by atoms with Gasteiger partial charge in [-0.3, -0.25) is 4.79 Å². The van der Waals surface area contributed by atoms with E-state index in [0.717, 1.165) is 16.7 Å². The van der Waals surface area contributed by atoms with Crippen LogP contribution in [-0.4, -0.2) is 22.9 Å². The van der Waals surface area contributed by atoms with Gasteiger partial charge in [0, 0.05) is 5.41 Å². The molecule has 1 fully saturated rings. The van der Waals surface area contributed by atoms with E-state index in [-0.39, 0.29) is 29.9 Å². The van der Waals surface area contributed by atoms with Gasteiger partial charge in [0.1, 0.15) is 0 Å². The maximum absolute atomic E-state index is 12.8. The average molecular weight is 321 g/mol. The minimum absolute atomic E-state index is 0.200. The molecule has 0 aromatic heterocycles. The van der Waals surface area contributed by atoms with E-state index in [9.17, 15) is 9.59 Å². The normalized spacial score (nSPS) is 23.6. The van der Waals surface area contributed by atoms with Crippen LogP contribution in [0.2, 0.25) is 0 Å². The fourth-order valence-corrected chi connectivity index (χ4v) is 4.02. The monoisotopic (exact) mass is 321 g/mol. The van der Waals surface area contributed by atoms with Crippen molar-refractivity contribution in [2.45, 2.75) is 37.8 Å². The Bertz CT molecular complexity index is 813. The second-order valence-corrected chi connectivity index (χ2v) is 6.98. The highest BCUT2D eigenvalue weighted by atomic mass is 16.6. The van der Waals surface area contributed by atoms with Crippen molar-refractivity contribution in [1.82, 2.24) is 4.90 Å². The second-order valence-electron chi connectivity index (χ2n) is 6.98. The van der Waals surface area contributed by atoms with Crippen LogP contribution in [0.4, 0.5) is 4.79 Å².